The Kier molecular flexibility index (Phi) is 9.89. The fourth-order valence-corrected chi connectivity index (χ4v) is 8.87. The molecule has 0 saturated heterocycles. The first-order valence-corrected chi connectivity index (χ1v) is 22.1. The highest BCUT2D eigenvalue weighted by molar-refractivity contribution is 6.09. The summed E-state index contributed by atoms with van der Waals surface area (Å²) in [6, 6.07) is 53.0. The third-order valence-corrected chi connectivity index (χ3v) is 12.9. The van der Waals surface area contributed by atoms with Crippen molar-refractivity contribution in [2.45, 2.75) is 97.8 Å². The van der Waals surface area contributed by atoms with Crippen LogP contribution in [-0.2, 0) is 21.7 Å². The quantitative estimate of drug-likeness (QED) is 0.160. The zero-order valence-electron chi connectivity index (χ0n) is 38.3. The predicted octanol–water partition coefficient (Wildman–Crippen LogP) is 15.4. The third-order valence-electron chi connectivity index (χ3n) is 12.9. The van der Waals surface area contributed by atoms with Crippen molar-refractivity contribution in [1.29, 1.82) is 0 Å². The standard InChI is InChI=1S/C57H60N4O/c1-54(2,3)39-24-27-49-48(33-39)47-26-25-46(36-52(47)61(49)53-34-40(28-29-58-53)55(4,5)6)62-45-21-17-20-43(35-45)59-37-60(51-23-16-15-22-50(51)59)44-31-41(56(7,8)9)30-42(32-44)57(10,11)38-18-13-12-14-19-38/h12-36H,37H2,1-11H3. The number of aromatic nitrogens is 2. The molecule has 0 unspecified atom stereocenters. The minimum atomic E-state index is -0.179. The van der Waals surface area contributed by atoms with Gasteiger partial charge in [-0.25, -0.2) is 4.98 Å². The number of anilines is 4. The molecule has 0 aliphatic carbocycles. The second-order valence-electron chi connectivity index (χ2n) is 20.7. The largest absolute Gasteiger partial charge is 0.457 e. The molecule has 0 radical (unpaired) electrons. The van der Waals surface area contributed by atoms with E-state index in [1.54, 1.807) is 0 Å². The molecule has 1 aliphatic heterocycles. The van der Waals surface area contributed by atoms with Gasteiger partial charge in [0.1, 0.15) is 24.0 Å². The van der Waals surface area contributed by atoms with Crippen molar-refractivity contribution < 1.29 is 4.74 Å². The van der Waals surface area contributed by atoms with Gasteiger partial charge in [0.25, 0.3) is 0 Å². The van der Waals surface area contributed by atoms with E-state index in [9.17, 15) is 0 Å². The molecular weight excluding hydrogens is 757 g/mol. The lowest BCUT2D eigenvalue weighted by Crippen LogP contribution is -2.26. The normalized spacial score (nSPS) is 13.6. The summed E-state index contributed by atoms with van der Waals surface area (Å²) >= 11 is 0. The van der Waals surface area contributed by atoms with Gasteiger partial charge in [-0.05, 0) is 117 Å². The van der Waals surface area contributed by atoms with Crippen molar-refractivity contribution in [3.8, 4) is 17.3 Å². The first-order chi connectivity index (χ1) is 29.4. The maximum Gasteiger partial charge on any atom is 0.137 e. The lowest BCUT2D eigenvalue weighted by Gasteiger charge is -2.31. The molecule has 5 nitrogen and oxygen atoms in total. The van der Waals surface area contributed by atoms with Crippen LogP contribution in [0.1, 0.15) is 104 Å². The Balaban J connectivity index is 1.09. The molecule has 0 atom stereocenters. The SMILES string of the molecule is CC(C)(C)c1cc(N2CN(c3cccc(Oc4ccc5c6cc(C(C)(C)C)ccc6n(-c6cc(C(C)(C)C)ccn6)c5c4)c3)c3ccccc32)cc(C(C)(C)c2ccccc2)c1. The van der Waals surface area contributed by atoms with Gasteiger partial charge in [-0.15, -0.1) is 0 Å². The van der Waals surface area contributed by atoms with Crippen LogP contribution >= 0.6 is 0 Å². The Labute approximate surface area is 368 Å². The first kappa shape index (κ1) is 41.0. The maximum atomic E-state index is 6.80. The highest BCUT2D eigenvalue weighted by atomic mass is 16.5. The summed E-state index contributed by atoms with van der Waals surface area (Å²) in [5.41, 5.74) is 13.1. The summed E-state index contributed by atoms with van der Waals surface area (Å²) < 4.78 is 9.10. The van der Waals surface area contributed by atoms with Crippen LogP contribution in [0.15, 0.2) is 152 Å². The van der Waals surface area contributed by atoms with E-state index >= 15 is 0 Å². The van der Waals surface area contributed by atoms with Crippen molar-refractivity contribution in [2.24, 2.45) is 0 Å². The Morgan fingerprint density at radius 2 is 1.06 bits per heavy atom. The van der Waals surface area contributed by atoms with E-state index < -0.39 is 0 Å². The Morgan fingerprint density at radius 3 is 1.76 bits per heavy atom. The van der Waals surface area contributed by atoms with Gasteiger partial charge in [-0.3, -0.25) is 4.57 Å². The van der Waals surface area contributed by atoms with Crippen LogP contribution in [0.2, 0.25) is 0 Å². The van der Waals surface area contributed by atoms with Gasteiger partial charge in [0, 0.05) is 45.9 Å². The van der Waals surface area contributed by atoms with Crippen molar-refractivity contribution in [1.82, 2.24) is 9.55 Å². The number of rotatable bonds is 7. The molecule has 62 heavy (non-hydrogen) atoms. The minimum Gasteiger partial charge on any atom is -0.457 e. The number of ether oxygens (including phenoxy) is 1. The van der Waals surface area contributed by atoms with Gasteiger partial charge in [-0.1, -0.05) is 137 Å². The molecule has 0 spiro atoms. The predicted molar refractivity (Wildman–Crippen MR) is 262 cm³/mol. The summed E-state index contributed by atoms with van der Waals surface area (Å²) in [6.07, 6.45) is 1.94. The lowest BCUT2D eigenvalue weighted by atomic mass is 9.75. The van der Waals surface area contributed by atoms with Crippen LogP contribution in [0.4, 0.5) is 22.7 Å². The van der Waals surface area contributed by atoms with Crippen LogP contribution < -0.4 is 14.5 Å². The van der Waals surface area contributed by atoms with Crippen molar-refractivity contribution >= 4 is 44.6 Å². The molecule has 5 heteroatoms. The van der Waals surface area contributed by atoms with E-state index in [0.717, 1.165) is 34.0 Å². The van der Waals surface area contributed by atoms with Gasteiger partial charge >= 0.3 is 0 Å². The van der Waals surface area contributed by atoms with Crippen LogP contribution in [0.3, 0.4) is 0 Å². The van der Waals surface area contributed by atoms with Crippen LogP contribution in [0, 0.1) is 0 Å². The van der Waals surface area contributed by atoms with E-state index in [1.807, 2.05) is 6.20 Å². The molecule has 6 aromatic carbocycles. The van der Waals surface area contributed by atoms with Gasteiger partial charge in [0.15, 0.2) is 0 Å². The molecular formula is C57H60N4O. The van der Waals surface area contributed by atoms with Crippen molar-refractivity contribution in [3.05, 3.63) is 180 Å². The molecule has 0 N–H and O–H groups in total. The monoisotopic (exact) mass is 816 g/mol. The summed E-state index contributed by atoms with van der Waals surface area (Å²) in [6.45, 7) is 25.8. The molecule has 8 aromatic rings. The van der Waals surface area contributed by atoms with E-state index in [2.05, 4.69) is 236 Å². The molecule has 314 valence electrons. The molecule has 1 aliphatic rings. The van der Waals surface area contributed by atoms with Gasteiger partial charge in [0.2, 0.25) is 0 Å². The minimum absolute atomic E-state index is 0.0132. The number of hydrogen-bond donors (Lipinski definition) is 0. The average Bonchev–Trinajstić information content (AvgIpc) is 3.79. The van der Waals surface area contributed by atoms with E-state index in [4.69, 9.17) is 9.72 Å². The topological polar surface area (TPSA) is 33.5 Å². The molecule has 2 aromatic heterocycles. The smallest absolute Gasteiger partial charge is 0.137 e. The molecule has 0 fully saturated rings. The molecule has 3 heterocycles. The second kappa shape index (κ2) is 14.9. The Bertz CT molecular complexity index is 2950. The Hall–Kier alpha value is -6.33. The third kappa shape index (κ3) is 7.52. The fraction of sp³-hybridized carbons (Fsp3) is 0.281. The average molecular weight is 817 g/mol. The Morgan fingerprint density at radius 1 is 0.435 bits per heavy atom. The van der Waals surface area contributed by atoms with Crippen LogP contribution in [0.25, 0.3) is 27.6 Å². The summed E-state index contributed by atoms with van der Waals surface area (Å²) in [5.74, 6) is 2.46. The van der Waals surface area contributed by atoms with Crippen molar-refractivity contribution in [2.75, 3.05) is 16.5 Å². The van der Waals surface area contributed by atoms with Gasteiger partial charge in [0.05, 0.1) is 22.4 Å². The molecule has 9 rings (SSSR count). The van der Waals surface area contributed by atoms with Crippen LogP contribution in [0.5, 0.6) is 11.5 Å². The molecule has 0 saturated carbocycles. The van der Waals surface area contributed by atoms with E-state index in [-0.39, 0.29) is 21.7 Å². The van der Waals surface area contributed by atoms with Gasteiger partial charge in [-0.2, -0.15) is 0 Å². The van der Waals surface area contributed by atoms with E-state index in [0.29, 0.717) is 6.67 Å². The highest BCUT2D eigenvalue weighted by Crippen LogP contribution is 2.47. The van der Waals surface area contributed by atoms with Crippen LogP contribution in [-0.4, -0.2) is 16.2 Å². The first-order valence-electron chi connectivity index (χ1n) is 22.1. The summed E-state index contributed by atoms with van der Waals surface area (Å²) in [7, 11) is 0. The highest BCUT2D eigenvalue weighted by Gasteiger charge is 2.32. The number of benzene rings is 6. The maximum absolute atomic E-state index is 6.80. The lowest BCUT2D eigenvalue weighted by molar-refractivity contribution is 0.483. The summed E-state index contributed by atoms with van der Waals surface area (Å²) in [5, 5.41) is 2.39. The number of hydrogen-bond acceptors (Lipinski definition) is 4. The van der Waals surface area contributed by atoms with E-state index in [1.165, 1.54) is 55.7 Å². The van der Waals surface area contributed by atoms with Gasteiger partial charge < -0.3 is 14.5 Å². The zero-order valence-corrected chi connectivity index (χ0v) is 38.3. The summed E-state index contributed by atoms with van der Waals surface area (Å²) in [4.78, 5) is 9.80. The number of fused-ring (bicyclic) bond motifs is 4. The number of nitrogens with zero attached hydrogens (tertiary/aromatic N) is 4. The zero-order chi connectivity index (χ0) is 43.8. The number of pyridine rings is 1. The fourth-order valence-electron chi connectivity index (χ4n) is 8.87. The van der Waals surface area contributed by atoms with Crippen molar-refractivity contribution in [3.63, 3.8) is 0 Å². The number of para-hydroxylation sites is 2. The molecule has 0 bridgehead atoms. The molecule has 0 amide bonds. The second-order valence-corrected chi connectivity index (χ2v) is 20.7.